The minimum Gasteiger partial charge on any atom is -0.380 e. The number of carbonyl (C=O) groups excluding carboxylic acids is 2. The van der Waals surface area contributed by atoms with Crippen LogP contribution in [-0.2, 0) is 25.6 Å². The highest BCUT2D eigenvalue weighted by Gasteiger charge is 2.17. The van der Waals surface area contributed by atoms with E-state index in [0.29, 0.717) is 50.9 Å². The molecule has 2 heterocycles. The molecule has 7 nitrogen and oxygen atoms in total. The van der Waals surface area contributed by atoms with Crippen molar-refractivity contribution in [1.29, 1.82) is 0 Å². The summed E-state index contributed by atoms with van der Waals surface area (Å²) in [5, 5.41) is 0. The van der Waals surface area contributed by atoms with Crippen LogP contribution in [-0.4, -0.2) is 72.3 Å². The number of hydrogen-bond acceptors (Lipinski definition) is 6. The topological polar surface area (TPSA) is 73.1 Å². The van der Waals surface area contributed by atoms with E-state index in [1.807, 2.05) is 35.8 Å². The molecule has 0 radical (unpaired) electrons. The van der Waals surface area contributed by atoms with Crippen LogP contribution in [0.3, 0.4) is 0 Å². The molecule has 2 amide bonds. The Morgan fingerprint density at radius 3 is 2.82 bits per heavy atom. The molecule has 28 heavy (non-hydrogen) atoms. The summed E-state index contributed by atoms with van der Waals surface area (Å²) in [6.45, 7) is 6.24. The Morgan fingerprint density at radius 2 is 2.04 bits per heavy atom. The number of carbonyl (C=O) groups is 2. The first-order valence-electron chi connectivity index (χ1n) is 9.36. The normalized spacial score (nSPS) is 15.3. The second-order valence-corrected chi connectivity index (χ2v) is 8.19. The second-order valence-electron chi connectivity index (χ2n) is 6.19. The minimum absolute atomic E-state index is 0.0507. The number of para-hydroxylation sites is 1. The summed E-state index contributed by atoms with van der Waals surface area (Å²) in [5.41, 5.74) is 1.05. The van der Waals surface area contributed by atoms with Gasteiger partial charge >= 0.3 is 0 Å². The number of fused-ring (bicyclic) bond motifs is 1. The van der Waals surface area contributed by atoms with E-state index in [2.05, 4.69) is 4.99 Å². The van der Waals surface area contributed by atoms with Gasteiger partial charge in [0.25, 0.3) is 5.91 Å². The van der Waals surface area contributed by atoms with Gasteiger partial charge in [-0.15, -0.1) is 11.8 Å². The molecule has 0 bridgehead atoms. The van der Waals surface area contributed by atoms with Crippen LogP contribution in [0.2, 0.25) is 0 Å². The summed E-state index contributed by atoms with van der Waals surface area (Å²) < 4.78 is 13.8. The molecule has 0 spiro atoms. The van der Waals surface area contributed by atoms with Crippen molar-refractivity contribution in [3.05, 3.63) is 29.1 Å². The van der Waals surface area contributed by atoms with Gasteiger partial charge in [-0.05, 0) is 19.1 Å². The SMILES string of the molecule is CCOCCn1c(=NC(=O)CSCC(=O)N2CCOCC2)sc2ccccc21. The lowest BCUT2D eigenvalue weighted by atomic mass is 10.3. The number of thioether (sulfide) groups is 1. The first-order valence-corrected chi connectivity index (χ1v) is 11.3. The lowest BCUT2D eigenvalue weighted by Gasteiger charge is -2.26. The molecule has 0 saturated carbocycles. The predicted molar refractivity (Wildman–Crippen MR) is 112 cm³/mol. The quantitative estimate of drug-likeness (QED) is 0.605. The lowest BCUT2D eigenvalue weighted by molar-refractivity contribution is -0.132. The average Bonchev–Trinajstić information content (AvgIpc) is 3.06. The molecule has 1 aliphatic heterocycles. The largest absolute Gasteiger partial charge is 0.380 e. The third kappa shape index (κ3) is 5.66. The number of aromatic nitrogens is 1. The van der Waals surface area contributed by atoms with Gasteiger partial charge in [0.05, 0.1) is 41.5 Å². The number of ether oxygens (including phenoxy) is 2. The van der Waals surface area contributed by atoms with Crippen molar-refractivity contribution in [1.82, 2.24) is 9.47 Å². The van der Waals surface area contributed by atoms with Gasteiger partial charge < -0.3 is 18.9 Å². The molecule has 1 aromatic carbocycles. The van der Waals surface area contributed by atoms with Gasteiger partial charge in [-0.3, -0.25) is 9.59 Å². The Balaban J connectivity index is 1.63. The molecule has 1 saturated heterocycles. The van der Waals surface area contributed by atoms with E-state index in [9.17, 15) is 9.59 Å². The zero-order valence-corrected chi connectivity index (χ0v) is 17.6. The zero-order valence-electron chi connectivity index (χ0n) is 16.0. The Labute approximate surface area is 172 Å². The summed E-state index contributed by atoms with van der Waals surface area (Å²) in [7, 11) is 0. The molecule has 0 atom stereocenters. The van der Waals surface area contributed by atoms with Crippen molar-refractivity contribution in [3.8, 4) is 0 Å². The molecule has 2 aromatic rings. The third-order valence-corrected chi connectivity index (χ3v) is 6.25. The summed E-state index contributed by atoms with van der Waals surface area (Å²) in [5.74, 6) is 0.305. The number of rotatable bonds is 8. The van der Waals surface area contributed by atoms with Crippen LogP contribution in [0.15, 0.2) is 29.3 Å². The fourth-order valence-electron chi connectivity index (χ4n) is 2.89. The van der Waals surface area contributed by atoms with Crippen LogP contribution in [0.1, 0.15) is 6.92 Å². The third-order valence-electron chi connectivity index (χ3n) is 4.29. The molecule has 152 valence electrons. The lowest BCUT2D eigenvalue weighted by Crippen LogP contribution is -2.41. The number of thiazole rings is 1. The molecule has 0 aliphatic carbocycles. The number of benzene rings is 1. The van der Waals surface area contributed by atoms with Gasteiger partial charge in [-0.2, -0.15) is 4.99 Å². The number of amides is 2. The summed E-state index contributed by atoms with van der Waals surface area (Å²) in [6, 6.07) is 8.00. The second kappa shape index (κ2) is 10.8. The van der Waals surface area contributed by atoms with Crippen LogP contribution in [0.5, 0.6) is 0 Å². The van der Waals surface area contributed by atoms with Gasteiger partial charge in [0.2, 0.25) is 5.91 Å². The predicted octanol–water partition coefficient (Wildman–Crippen LogP) is 1.76. The van der Waals surface area contributed by atoms with E-state index in [1.54, 1.807) is 4.90 Å². The molecule has 1 aliphatic rings. The molecular formula is C19H25N3O4S2. The van der Waals surface area contributed by atoms with E-state index in [1.165, 1.54) is 23.1 Å². The maximum Gasteiger partial charge on any atom is 0.258 e. The van der Waals surface area contributed by atoms with E-state index >= 15 is 0 Å². The molecule has 3 rings (SSSR count). The maximum atomic E-state index is 12.4. The van der Waals surface area contributed by atoms with Crippen LogP contribution in [0.4, 0.5) is 0 Å². The van der Waals surface area contributed by atoms with Gasteiger partial charge in [-0.25, -0.2) is 0 Å². The fourth-order valence-corrected chi connectivity index (χ4v) is 4.66. The number of morpholine rings is 1. The van der Waals surface area contributed by atoms with E-state index in [-0.39, 0.29) is 23.3 Å². The van der Waals surface area contributed by atoms with Crippen molar-refractivity contribution in [2.24, 2.45) is 4.99 Å². The Kier molecular flexibility index (Phi) is 8.08. The summed E-state index contributed by atoms with van der Waals surface area (Å²) in [4.78, 5) is 31.3. The number of nitrogens with zero attached hydrogens (tertiary/aromatic N) is 3. The van der Waals surface area contributed by atoms with E-state index < -0.39 is 0 Å². The van der Waals surface area contributed by atoms with Crippen LogP contribution >= 0.6 is 23.1 Å². The molecule has 0 unspecified atom stereocenters. The van der Waals surface area contributed by atoms with Crippen molar-refractivity contribution >= 4 is 45.1 Å². The fraction of sp³-hybridized carbons (Fsp3) is 0.526. The molecule has 9 heteroatoms. The standard InChI is InChI=1S/C19H25N3O4S2/c1-2-25-12-9-22-15-5-3-4-6-16(15)28-19(22)20-17(23)13-27-14-18(24)21-7-10-26-11-8-21/h3-6H,2,7-14H2,1H3. The van der Waals surface area contributed by atoms with Gasteiger partial charge in [0.15, 0.2) is 4.80 Å². The zero-order chi connectivity index (χ0) is 19.8. The smallest absolute Gasteiger partial charge is 0.258 e. The van der Waals surface area contributed by atoms with Gasteiger partial charge in [-0.1, -0.05) is 23.5 Å². The minimum atomic E-state index is -0.225. The number of hydrogen-bond donors (Lipinski definition) is 0. The highest BCUT2D eigenvalue weighted by atomic mass is 32.2. The van der Waals surface area contributed by atoms with Crippen molar-refractivity contribution in [3.63, 3.8) is 0 Å². The van der Waals surface area contributed by atoms with Crippen molar-refractivity contribution in [2.45, 2.75) is 13.5 Å². The molecule has 1 fully saturated rings. The highest BCUT2D eigenvalue weighted by Crippen LogP contribution is 2.16. The average molecular weight is 424 g/mol. The van der Waals surface area contributed by atoms with Gasteiger partial charge in [0.1, 0.15) is 0 Å². The Bertz CT molecular complexity index is 871. The van der Waals surface area contributed by atoms with Crippen LogP contribution in [0, 0.1) is 0 Å². The summed E-state index contributed by atoms with van der Waals surface area (Å²) in [6.07, 6.45) is 0. The van der Waals surface area contributed by atoms with Crippen molar-refractivity contribution in [2.75, 3.05) is 51.0 Å². The highest BCUT2D eigenvalue weighted by molar-refractivity contribution is 8.00. The van der Waals surface area contributed by atoms with Crippen LogP contribution in [0.25, 0.3) is 10.2 Å². The first-order chi connectivity index (χ1) is 13.7. The van der Waals surface area contributed by atoms with E-state index in [0.717, 1.165) is 10.2 Å². The molecular weight excluding hydrogens is 398 g/mol. The van der Waals surface area contributed by atoms with Crippen molar-refractivity contribution < 1.29 is 19.1 Å². The summed E-state index contributed by atoms with van der Waals surface area (Å²) >= 11 is 2.81. The van der Waals surface area contributed by atoms with E-state index in [4.69, 9.17) is 9.47 Å². The Hall–Kier alpha value is -1.68. The first kappa shape index (κ1) is 21.0. The van der Waals surface area contributed by atoms with Crippen LogP contribution < -0.4 is 4.80 Å². The Morgan fingerprint density at radius 1 is 1.25 bits per heavy atom. The molecule has 0 N–H and O–H groups in total. The van der Waals surface area contributed by atoms with Gasteiger partial charge in [0, 0.05) is 26.2 Å². The molecule has 1 aromatic heterocycles. The monoisotopic (exact) mass is 423 g/mol. The maximum absolute atomic E-state index is 12.4.